The van der Waals surface area contributed by atoms with Crippen molar-refractivity contribution in [1.82, 2.24) is 4.57 Å². The second-order valence-corrected chi connectivity index (χ2v) is 12.2. The highest BCUT2D eigenvalue weighted by Crippen LogP contribution is 2.20. The number of esters is 1. The van der Waals surface area contributed by atoms with E-state index in [2.05, 4.69) is 45.0 Å². The van der Waals surface area contributed by atoms with Gasteiger partial charge in [0.15, 0.2) is 0 Å². The quantitative estimate of drug-likeness (QED) is 0.565. The molecule has 18 heavy (non-hydrogen) atoms. The summed E-state index contributed by atoms with van der Waals surface area (Å²) in [4.78, 5) is 11.9. The van der Waals surface area contributed by atoms with Gasteiger partial charge in [-0.2, -0.15) is 0 Å². The lowest BCUT2D eigenvalue weighted by molar-refractivity contribution is -0.155. The molecule has 0 amide bonds. The van der Waals surface area contributed by atoms with E-state index < -0.39 is 13.8 Å². The Morgan fingerprint density at radius 1 is 1.17 bits per heavy atom. The Morgan fingerprint density at radius 3 is 1.89 bits per heavy atom. The second kappa shape index (κ2) is 6.20. The molecule has 0 saturated heterocycles. The van der Waals surface area contributed by atoms with Gasteiger partial charge in [-0.3, -0.25) is 4.79 Å². The minimum absolute atomic E-state index is 0.0982. The van der Waals surface area contributed by atoms with Crippen molar-refractivity contribution >= 4 is 14.2 Å². The van der Waals surface area contributed by atoms with Crippen LogP contribution in [0.3, 0.4) is 0 Å². The molecule has 4 heteroatoms. The minimum atomic E-state index is -1.41. The molecule has 0 aliphatic heterocycles. The number of nitrogens with zero attached hydrogens (tertiary/aromatic N) is 1. The predicted molar refractivity (Wildman–Crippen MR) is 80.2 cm³/mol. The number of hydrogen-bond acceptors (Lipinski definition) is 3. The zero-order valence-corrected chi connectivity index (χ0v) is 14.6. The van der Waals surface area contributed by atoms with Crippen molar-refractivity contribution in [1.29, 1.82) is 0 Å². The van der Waals surface area contributed by atoms with E-state index in [1.165, 1.54) is 0 Å². The average molecular weight is 273 g/mol. The molecule has 0 aromatic rings. The van der Waals surface area contributed by atoms with E-state index in [4.69, 9.17) is 4.74 Å². The second-order valence-electron chi connectivity index (χ2n) is 7.31. The summed E-state index contributed by atoms with van der Waals surface area (Å²) in [7, 11) is -1.41. The van der Waals surface area contributed by atoms with Gasteiger partial charge in [-0.1, -0.05) is 33.5 Å². The van der Waals surface area contributed by atoms with Crippen LogP contribution in [0.2, 0.25) is 19.6 Å². The maximum Gasteiger partial charge on any atom is 0.307 e. The van der Waals surface area contributed by atoms with Gasteiger partial charge in [-0.25, -0.2) is 0 Å². The Morgan fingerprint density at radius 2 is 1.61 bits per heavy atom. The molecule has 0 spiro atoms. The lowest BCUT2D eigenvalue weighted by Gasteiger charge is -2.42. The Hall–Kier alpha value is -0.353. The molecule has 3 nitrogen and oxygen atoms in total. The van der Waals surface area contributed by atoms with Crippen LogP contribution in [0.5, 0.6) is 0 Å². The molecule has 0 fully saturated rings. The summed E-state index contributed by atoms with van der Waals surface area (Å²) in [5.41, 5.74) is -0.390. The topological polar surface area (TPSA) is 29.5 Å². The van der Waals surface area contributed by atoms with E-state index in [1.54, 1.807) is 0 Å². The van der Waals surface area contributed by atoms with Gasteiger partial charge in [-0.15, -0.1) is 0 Å². The smallest absolute Gasteiger partial charge is 0.307 e. The first-order valence-corrected chi connectivity index (χ1v) is 10.3. The molecule has 0 N–H and O–H groups in total. The normalized spacial score (nSPS) is 15.1. The van der Waals surface area contributed by atoms with Gasteiger partial charge in [0, 0.05) is 6.04 Å². The lowest BCUT2D eigenvalue weighted by Crippen LogP contribution is -2.55. The van der Waals surface area contributed by atoms with Crippen LogP contribution in [-0.2, 0) is 9.53 Å². The summed E-state index contributed by atoms with van der Waals surface area (Å²) in [6.07, 6.45) is 0.472. The van der Waals surface area contributed by atoms with E-state index in [9.17, 15) is 4.79 Å². The van der Waals surface area contributed by atoms with Crippen LogP contribution in [0, 0.1) is 0 Å². The molecule has 1 atom stereocenters. The Labute approximate surface area is 114 Å². The Kier molecular flexibility index (Phi) is 6.07. The van der Waals surface area contributed by atoms with Crippen LogP contribution in [0.15, 0.2) is 0 Å². The summed E-state index contributed by atoms with van der Waals surface area (Å²) in [5.74, 6) is -0.0982. The highest BCUT2D eigenvalue weighted by Gasteiger charge is 2.32. The van der Waals surface area contributed by atoms with Crippen molar-refractivity contribution in [2.45, 2.75) is 85.3 Å². The largest absolute Gasteiger partial charge is 0.460 e. The number of carbonyl (C=O) groups is 1. The summed E-state index contributed by atoms with van der Waals surface area (Å²) >= 11 is 0. The summed E-state index contributed by atoms with van der Waals surface area (Å²) in [6.45, 7) is 19.2. The van der Waals surface area contributed by atoms with Gasteiger partial charge in [-0.05, 0) is 33.7 Å². The zero-order valence-electron chi connectivity index (χ0n) is 13.6. The van der Waals surface area contributed by atoms with Crippen molar-refractivity contribution in [2.75, 3.05) is 0 Å². The summed E-state index contributed by atoms with van der Waals surface area (Å²) in [5, 5.41) is 0. The first kappa shape index (κ1) is 17.6. The maximum absolute atomic E-state index is 11.9. The number of hydrogen-bond donors (Lipinski definition) is 0. The summed E-state index contributed by atoms with van der Waals surface area (Å²) < 4.78 is 7.90. The van der Waals surface area contributed by atoms with Crippen molar-refractivity contribution in [2.24, 2.45) is 0 Å². The monoisotopic (exact) mass is 273 g/mol. The minimum Gasteiger partial charge on any atom is -0.460 e. The number of ether oxygens (including phenoxy) is 1. The van der Waals surface area contributed by atoms with Crippen molar-refractivity contribution < 1.29 is 9.53 Å². The molecule has 0 unspecified atom stereocenters. The highest BCUT2D eigenvalue weighted by molar-refractivity contribution is 6.73. The van der Waals surface area contributed by atoms with Crippen LogP contribution in [0.4, 0.5) is 0 Å². The molecule has 0 rings (SSSR count). The molecule has 108 valence electrons. The van der Waals surface area contributed by atoms with E-state index in [0.29, 0.717) is 12.5 Å². The fourth-order valence-electron chi connectivity index (χ4n) is 2.67. The van der Waals surface area contributed by atoms with Gasteiger partial charge in [0.25, 0.3) is 0 Å². The van der Waals surface area contributed by atoms with E-state index in [-0.39, 0.29) is 12.0 Å². The SMILES string of the molecule is CC(C)N([C@@H](C)CC(=O)OC(C)(C)C)[Si](C)(C)C. The van der Waals surface area contributed by atoms with Crippen LogP contribution < -0.4 is 0 Å². The Balaban J connectivity index is 4.63. The summed E-state index contributed by atoms with van der Waals surface area (Å²) in [6, 6.07) is 0.709. The molecular formula is C14H31NO2Si. The van der Waals surface area contributed by atoms with Crippen molar-refractivity contribution in [3.8, 4) is 0 Å². The first-order valence-electron chi connectivity index (χ1n) is 6.85. The van der Waals surface area contributed by atoms with Gasteiger partial charge in [0.05, 0.1) is 6.42 Å². The number of rotatable bonds is 5. The zero-order chi connectivity index (χ0) is 14.7. The van der Waals surface area contributed by atoms with E-state index >= 15 is 0 Å². The molecule has 0 radical (unpaired) electrons. The van der Waals surface area contributed by atoms with Gasteiger partial charge < -0.3 is 9.30 Å². The van der Waals surface area contributed by atoms with Gasteiger partial charge in [0.2, 0.25) is 0 Å². The Bertz CT molecular complexity index is 276. The molecule has 0 aliphatic rings. The maximum atomic E-state index is 11.9. The standard InChI is InChI=1S/C14H31NO2Si/c1-11(2)15(18(7,8)9)12(3)10-13(16)17-14(4,5)6/h11-12H,10H2,1-9H3/t12-/m0/s1. The number of carbonyl (C=O) groups excluding carboxylic acids is 1. The van der Waals surface area contributed by atoms with Crippen molar-refractivity contribution in [3.63, 3.8) is 0 Å². The van der Waals surface area contributed by atoms with Crippen LogP contribution in [-0.4, -0.2) is 36.5 Å². The third-order valence-electron chi connectivity index (χ3n) is 2.69. The van der Waals surface area contributed by atoms with Crippen LogP contribution in [0.25, 0.3) is 0 Å². The first-order chi connectivity index (χ1) is 7.84. The van der Waals surface area contributed by atoms with E-state index in [0.717, 1.165) is 0 Å². The molecular weight excluding hydrogens is 242 g/mol. The van der Waals surface area contributed by atoms with Crippen LogP contribution in [0.1, 0.15) is 48.0 Å². The fourth-order valence-corrected chi connectivity index (χ4v) is 5.63. The van der Waals surface area contributed by atoms with E-state index in [1.807, 2.05) is 20.8 Å². The molecule has 0 aromatic heterocycles. The van der Waals surface area contributed by atoms with Crippen LogP contribution >= 0.6 is 0 Å². The average Bonchev–Trinajstić information content (AvgIpc) is 1.93. The predicted octanol–water partition coefficient (Wildman–Crippen LogP) is 3.65. The van der Waals surface area contributed by atoms with Crippen molar-refractivity contribution in [3.05, 3.63) is 0 Å². The molecule has 0 aliphatic carbocycles. The van der Waals surface area contributed by atoms with Gasteiger partial charge in [0.1, 0.15) is 13.8 Å². The molecule has 0 aromatic carbocycles. The molecule has 0 bridgehead atoms. The third kappa shape index (κ3) is 6.54. The lowest BCUT2D eigenvalue weighted by atomic mass is 10.1. The third-order valence-corrected chi connectivity index (χ3v) is 5.19. The highest BCUT2D eigenvalue weighted by atomic mass is 28.3. The molecule has 0 saturated carbocycles. The fraction of sp³-hybridized carbons (Fsp3) is 0.929. The van der Waals surface area contributed by atoms with Gasteiger partial charge >= 0.3 is 5.97 Å². The molecule has 0 heterocycles.